The number of nitrogens with zero attached hydrogens (tertiary/aromatic N) is 2. The fourth-order valence-electron chi connectivity index (χ4n) is 9.00. The summed E-state index contributed by atoms with van der Waals surface area (Å²) in [6, 6.07) is 75.8. The lowest BCUT2D eigenvalue weighted by molar-refractivity contribution is 1.17. The van der Waals surface area contributed by atoms with Crippen LogP contribution >= 0.6 is 23.5 Å². The van der Waals surface area contributed by atoms with Crippen molar-refractivity contribution in [3.05, 3.63) is 206 Å². The summed E-state index contributed by atoms with van der Waals surface area (Å²) in [7, 11) is 0. The van der Waals surface area contributed by atoms with Crippen LogP contribution in [0.3, 0.4) is 0 Å². The molecule has 0 aromatic heterocycles. The fourth-order valence-corrected chi connectivity index (χ4v) is 11.1. The molecule has 4 heteroatoms. The van der Waals surface area contributed by atoms with E-state index in [1.54, 1.807) is 0 Å². The smallest absolute Gasteiger partial charge is 0.0601 e. The summed E-state index contributed by atoms with van der Waals surface area (Å²) in [6.45, 7) is 0. The van der Waals surface area contributed by atoms with Crippen molar-refractivity contribution < 1.29 is 0 Å². The largest absolute Gasteiger partial charge is 0.308 e. The van der Waals surface area contributed by atoms with Crippen molar-refractivity contribution in [1.29, 1.82) is 0 Å². The second kappa shape index (κ2) is 13.5. The lowest BCUT2D eigenvalue weighted by atomic mass is 9.87. The maximum Gasteiger partial charge on any atom is 0.0601 e. The van der Waals surface area contributed by atoms with Crippen molar-refractivity contribution in [2.75, 3.05) is 9.80 Å². The van der Waals surface area contributed by atoms with E-state index in [0.717, 1.165) is 11.4 Å². The molecule has 58 heavy (non-hydrogen) atoms. The average molecular weight is 775 g/mol. The first-order chi connectivity index (χ1) is 28.8. The third-order valence-corrected chi connectivity index (χ3v) is 13.9. The zero-order chi connectivity index (χ0) is 38.2. The molecule has 0 saturated heterocycles. The number of rotatable bonds is 4. The van der Waals surface area contributed by atoms with Gasteiger partial charge in [-0.1, -0.05) is 145 Å². The maximum atomic E-state index is 2.42. The Morgan fingerprint density at radius 2 is 0.603 bits per heavy atom. The van der Waals surface area contributed by atoms with Crippen LogP contribution in [0.15, 0.2) is 226 Å². The van der Waals surface area contributed by atoms with Gasteiger partial charge in [-0.25, -0.2) is 0 Å². The van der Waals surface area contributed by atoms with Gasteiger partial charge in [0.2, 0.25) is 0 Å². The van der Waals surface area contributed by atoms with Crippen LogP contribution in [0.1, 0.15) is 0 Å². The minimum absolute atomic E-state index is 1.15. The molecule has 10 aromatic rings. The molecule has 0 bridgehead atoms. The van der Waals surface area contributed by atoms with E-state index in [1.165, 1.54) is 96.9 Å². The van der Waals surface area contributed by atoms with Crippen molar-refractivity contribution in [2.45, 2.75) is 19.6 Å². The molecule has 0 radical (unpaired) electrons. The summed E-state index contributed by atoms with van der Waals surface area (Å²) in [5, 5.41) is 7.60. The summed E-state index contributed by atoms with van der Waals surface area (Å²) in [5.74, 6) is 0. The molecule has 0 saturated carbocycles. The van der Waals surface area contributed by atoms with Crippen LogP contribution in [-0.4, -0.2) is 0 Å². The van der Waals surface area contributed by atoms with Gasteiger partial charge in [-0.2, -0.15) is 0 Å². The Hall–Kier alpha value is -6.72. The van der Waals surface area contributed by atoms with Crippen molar-refractivity contribution >= 4 is 90.0 Å². The Morgan fingerprint density at radius 1 is 0.293 bits per heavy atom. The molecule has 0 unspecified atom stereocenters. The van der Waals surface area contributed by atoms with Gasteiger partial charge in [-0.3, -0.25) is 0 Å². The van der Waals surface area contributed by atoms with Crippen LogP contribution in [-0.2, 0) is 0 Å². The van der Waals surface area contributed by atoms with Gasteiger partial charge in [-0.05, 0) is 140 Å². The molecule has 0 N–H and O–H groups in total. The summed E-state index contributed by atoms with van der Waals surface area (Å²) < 4.78 is 0. The van der Waals surface area contributed by atoms with Crippen LogP contribution in [0.25, 0.3) is 54.6 Å². The van der Waals surface area contributed by atoms with E-state index in [2.05, 4.69) is 216 Å². The molecular formula is C54H34N2S2. The van der Waals surface area contributed by atoms with E-state index in [-0.39, 0.29) is 0 Å². The molecule has 0 amide bonds. The Balaban J connectivity index is 0.987. The van der Waals surface area contributed by atoms with E-state index in [4.69, 9.17) is 0 Å². The van der Waals surface area contributed by atoms with Crippen LogP contribution < -0.4 is 9.80 Å². The maximum absolute atomic E-state index is 2.42. The second-order valence-corrected chi connectivity index (χ2v) is 17.0. The summed E-state index contributed by atoms with van der Waals surface area (Å²) in [5.41, 5.74) is 12.0. The molecule has 0 fully saturated rings. The highest BCUT2D eigenvalue weighted by Crippen LogP contribution is 2.53. The first-order valence-electron chi connectivity index (χ1n) is 19.7. The first-order valence-corrected chi connectivity index (χ1v) is 21.3. The minimum Gasteiger partial charge on any atom is -0.308 e. The highest BCUT2D eigenvalue weighted by atomic mass is 32.2. The summed E-state index contributed by atoms with van der Waals surface area (Å²) in [6.07, 6.45) is 0. The van der Waals surface area contributed by atoms with Crippen LogP contribution in [0, 0.1) is 0 Å². The quantitative estimate of drug-likeness (QED) is 0.164. The number of benzene rings is 10. The zero-order valence-corrected chi connectivity index (χ0v) is 33.0. The van der Waals surface area contributed by atoms with Crippen LogP contribution in [0.4, 0.5) is 34.1 Å². The number of fused-ring (bicyclic) bond motifs is 9. The predicted octanol–water partition coefficient (Wildman–Crippen LogP) is 16.3. The van der Waals surface area contributed by atoms with Gasteiger partial charge in [-0.15, -0.1) is 0 Å². The van der Waals surface area contributed by atoms with E-state index in [1.807, 2.05) is 23.5 Å². The SMILES string of the molecule is c1ccc2c(c1)Sc1ccccc1N2c1ccc(-c2cc3cc(-c4ccc(N5c6ccccc6Sc6ccccc65)cc4)c4ccccc4c3c3ccccc23)cc1. The van der Waals surface area contributed by atoms with E-state index >= 15 is 0 Å². The van der Waals surface area contributed by atoms with Crippen molar-refractivity contribution in [2.24, 2.45) is 0 Å². The monoisotopic (exact) mass is 774 g/mol. The number of para-hydroxylation sites is 4. The molecule has 10 aromatic carbocycles. The molecule has 272 valence electrons. The second-order valence-electron chi connectivity index (χ2n) is 14.9. The third-order valence-electron chi connectivity index (χ3n) is 11.6. The van der Waals surface area contributed by atoms with Gasteiger partial charge < -0.3 is 9.80 Å². The third kappa shape index (κ3) is 5.30. The van der Waals surface area contributed by atoms with E-state index in [0.29, 0.717) is 0 Å². The minimum atomic E-state index is 1.15. The van der Waals surface area contributed by atoms with Crippen molar-refractivity contribution in [3.8, 4) is 22.3 Å². The highest BCUT2D eigenvalue weighted by Gasteiger charge is 2.26. The lowest BCUT2D eigenvalue weighted by Crippen LogP contribution is -2.14. The Labute approximate surface area is 346 Å². The Morgan fingerprint density at radius 3 is 0.966 bits per heavy atom. The molecule has 0 aliphatic carbocycles. The standard InChI is InChI=1S/C54H34N2S2/c1-3-15-42-40(13-1)44(35-25-29-38(30-26-35)55-46-17-5-9-21-50(46)57-51-22-10-6-18-47(51)55)33-37-34-45(41-14-2-4-16-43(41)54(37)42)36-27-31-39(32-28-36)56-48-19-7-11-23-52(48)58-53-24-12-8-20-49(53)56/h1-34H. The average Bonchev–Trinajstić information content (AvgIpc) is 3.29. The summed E-state index contributed by atoms with van der Waals surface area (Å²) >= 11 is 3.68. The lowest BCUT2D eigenvalue weighted by Gasteiger charge is -2.33. The fraction of sp³-hybridized carbons (Fsp3) is 0. The van der Waals surface area contributed by atoms with Crippen molar-refractivity contribution in [3.63, 3.8) is 0 Å². The van der Waals surface area contributed by atoms with Gasteiger partial charge in [0.25, 0.3) is 0 Å². The molecule has 2 aliphatic heterocycles. The van der Waals surface area contributed by atoms with Gasteiger partial charge in [0, 0.05) is 31.0 Å². The zero-order valence-electron chi connectivity index (χ0n) is 31.3. The van der Waals surface area contributed by atoms with Crippen molar-refractivity contribution in [1.82, 2.24) is 0 Å². The Bertz CT molecular complexity index is 2940. The van der Waals surface area contributed by atoms with E-state index < -0.39 is 0 Å². The predicted molar refractivity (Wildman–Crippen MR) is 247 cm³/mol. The van der Waals surface area contributed by atoms with Crippen LogP contribution in [0.5, 0.6) is 0 Å². The topological polar surface area (TPSA) is 6.48 Å². The van der Waals surface area contributed by atoms with E-state index in [9.17, 15) is 0 Å². The van der Waals surface area contributed by atoms with Gasteiger partial charge in [0.15, 0.2) is 0 Å². The molecule has 0 spiro atoms. The summed E-state index contributed by atoms with van der Waals surface area (Å²) in [4.78, 5) is 9.87. The molecular weight excluding hydrogens is 741 g/mol. The first kappa shape index (κ1) is 33.4. The molecule has 2 nitrogen and oxygen atoms in total. The normalized spacial score (nSPS) is 13.0. The van der Waals surface area contributed by atoms with Gasteiger partial charge in [0.1, 0.15) is 0 Å². The van der Waals surface area contributed by atoms with Gasteiger partial charge >= 0.3 is 0 Å². The Kier molecular flexibility index (Phi) is 7.75. The molecule has 12 rings (SSSR count). The van der Waals surface area contributed by atoms with Gasteiger partial charge in [0.05, 0.1) is 22.7 Å². The van der Waals surface area contributed by atoms with Crippen LogP contribution in [0.2, 0.25) is 0 Å². The highest BCUT2D eigenvalue weighted by molar-refractivity contribution is 8.00. The molecule has 0 atom stereocenters. The number of anilines is 6. The number of hydrogen-bond donors (Lipinski definition) is 0. The molecule has 2 aliphatic rings. The number of hydrogen-bond acceptors (Lipinski definition) is 4. The molecule has 2 heterocycles.